The molecule has 2 rings (SSSR count). The maximum Gasteiger partial charge on any atom is 0.272 e. The van der Waals surface area contributed by atoms with Crippen LogP contribution in [0.1, 0.15) is 19.3 Å². The van der Waals surface area contributed by atoms with Crippen LogP contribution in [-0.2, 0) is 10.0 Å². The van der Waals surface area contributed by atoms with E-state index in [9.17, 15) is 22.9 Å². The molecule has 7 nitrogen and oxygen atoms in total. The quantitative estimate of drug-likeness (QED) is 0.605. The van der Waals surface area contributed by atoms with Gasteiger partial charge in [0.05, 0.1) is 11.0 Å². The van der Waals surface area contributed by atoms with E-state index in [0.29, 0.717) is 12.5 Å². The number of nitrogens with zero attached hydrogens (tertiary/aromatic N) is 1. The summed E-state index contributed by atoms with van der Waals surface area (Å²) in [6.07, 6.45) is 2.68. The van der Waals surface area contributed by atoms with Crippen LogP contribution in [-0.4, -0.2) is 32.5 Å². The zero-order valence-corrected chi connectivity index (χ0v) is 12.0. The van der Waals surface area contributed by atoms with E-state index in [2.05, 4.69) is 10.0 Å². The number of benzene rings is 1. The summed E-state index contributed by atoms with van der Waals surface area (Å²) in [5.74, 6) is -1.13. The molecule has 1 unspecified atom stereocenters. The molecule has 0 spiro atoms. The van der Waals surface area contributed by atoms with Crippen molar-refractivity contribution in [2.24, 2.45) is 0 Å². The molecule has 0 aliphatic carbocycles. The highest BCUT2D eigenvalue weighted by Gasteiger charge is 2.22. The van der Waals surface area contributed by atoms with Crippen molar-refractivity contribution in [3.05, 3.63) is 34.1 Å². The molecule has 1 fully saturated rings. The van der Waals surface area contributed by atoms with Crippen LogP contribution >= 0.6 is 0 Å². The lowest BCUT2D eigenvalue weighted by atomic mass is 10.2. The number of non-ortho nitro benzene ring substituents is 1. The van der Waals surface area contributed by atoms with Crippen LogP contribution in [0.25, 0.3) is 0 Å². The van der Waals surface area contributed by atoms with Gasteiger partial charge in [0.2, 0.25) is 10.0 Å². The van der Waals surface area contributed by atoms with Gasteiger partial charge in [-0.25, -0.2) is 17.5 Å². The van der Waals surface area contributed by atoms with Crippen molar-refractivity contribution in [2.45, 2.75) is 30.2 Å². The normalized spacial score (nSPS) is 18.8. The molecule has 9 heteroatoms. The third-order valence-corrected chi connectivity index (χ3v) is 4.86. The number of hydrogen-bond donors (Lipinski definition) is 2. The van der Waals surface area contributed by atoms with Gasteiger partial charge in [0.1, 0.15) is 10.7 Å². The van der Waals surface area contributed by atoms with Gasteiger partial charge in [-0.2, -0.15) is 0 Å². The maximum absolute atomic E-state index is 13.7. The van der Waals surface area contributed by atoms with Gasteiger partial charge in [-0.3, -0.25) is 10.1 Å². The molecule has 0 aromatic heterocycles. The van der Waals surface area contributed by atoms with E-state index < -0.39 is 31.3 Å². The summed E-state index contributed by atoms with van der Waals surface area (Å²) >= 11 is 0. The number of sulfonamides is 1. The average Bonchev–Trinajstić information content (AvgIpc) is 2.91. The molecule has 1 aromatic carbocycles. The fourth-order valence-corrected chi connectivity index (χ4v) is 3.37. The molecule has 1 aliphatic rings. The minimum Gasteiger partial charge on any atom is -0.314 e. The summed E-state index contributed by atoms with van der Waals surface area (Å²) in [6, 6.07) is 2.75. The van der Waals surface area contributed by atoms with Crippen LogP contribution in [0.5, 0.6) is 0 Å². The minimum atomic E-state index is -4.00. The smallest absolute Gasteiger partial charge is 0.272 e. The van der Waals surface area contributed by atoms with E-state index >= 15 is 0 Å². The lowest BCUT2D eigenvalue weighted by Gasteiger charge is -2.11. The summed E-state index contributed by atoms with van der Waals surface area (Å²) < 4.78 is 39.9. The van der Waals surface area contributed by atoms with Crippen LogP contribution in [0.15, 0.2) is 23.1 Å². The zero-order chi connectivity index (χ0) is 15.5. The topological polar surface area (TPSA) is 101 Å². The van der Waals surface area contributed by atoms with Gasteiger partial charge in [-0.15, -0.1) is 0 Å². The van der Waals surface area contributed by atoms with E-state index in [-0.39, 0.29) is 12.6 Å². The highest BCUT2D eigenvalue weighted by molar-refractivity contribution is 7.89. The number of rotatable bonds is 6. The van der Waals surface area contributed by atoms with Gasteiger partial charge < -0.3 is 5.32 Å². The Morgan fingerprint density at radius 2 is 2.24 bits per heavy atom. The zero-order valence-electron chi connectivity index (χ0n) is 11.2. The van der Waals surface area contributed by atoms with Gasteiger partial charge in [0.15, 0.2) is 0 Å². The molecule has 2 N–H and O–H groups in total. The van der Waals surface area contributed by atoms with E-state index in [1.54, 1.807) is 0 Å². The van der Waals surface area contributed by atoms with Crippen LogP contribution in [0, 0.1) is 15.9 Å². The van der Waals surface area contributed by atoms with Gasteiger partial charge in [-0.1, -0.05) is 0 Å². The lowest BCUT2D eigenvalue weighted by Crippen LogP contribution is -2.31. The highest BCUT2D eigenvalue weighted by Crippen LogP contribution is 2.20. The molecule has 0 amide bonds. The Kier molecular flexibility index (Phi) is 4.86. The first-order chi connectivity index (χ1) is 9.90. The van der Waals surface area contributed by atoms with Crippen molar-refractivity contribution < 1.29 is 17.7 Å². The molecule has 21 heavy (non-hydrogen) atoms. The van der Waals surface area contributed by atoms with Crippen LogP contribution in [0.3, 0.4) is 0 Å². The van der Waals surface area contributed by atoms with Crippen molar-refractivity contribution in [1.82, 2.24) is 10.0 Å². The molecule has 116 valence electrons. The summed E-state index contributed by atoms with van der Waals surface area (Å²) in [6.45, 7) is 1.12. The molecule has 1 aliphatic heterocycles. The molecular formula is C12H16FN3O4S. The van der Waals surface area contributed by atoms with Crippen molar-refractivity contribution in [1.29, 1.82) is 0 Å². The fraction of sp³-hybridized carbons (Fsp3) is 0.500. The molecule has 0 bridgehead atoms. The van der Waals surface area contributed by atoms with Crippen molar-refractivity contribution in [2.75, 3.05) is 13.1 Å². The van der Waals surface area contributed by atoms with Crippen LogP contribution < -0.4 is 10.0 Å². The number of nitro groups is 1. The van der Waals surface area contributed by atoms with Crippen LogP contribution in [0.4, 0.5) is 10.1 Å². The molecule has 1 atom stereocenters. The third-order valence-electron chi connectivity index (χ3n) is 3.36. The first kappa shape index (κ1) is 15.8. The number of hydrogen-bond acceptors (Lipinski definition) is 5. The van der Waals surface area contributed by atoms with Crippen molar-refractivity contribution >= 4 is 15.7 Å². The minimum absolute atomic E-state index is 0.191. The van der Waals surface area contributed by atoms with Crippen LogP contribution in [0.2, 0.25) is 0 Å². The Labute approximate surface area is 121 Å². The predicted molar refractivity (Wildman–Crippen MR) is 73.9 cm³/mol. The molecule has 0 saturated carbocycles. The second-order valence-corrected chi connectivity index (χ2v) is 6.59. The second-order valence-electron chi connectivity index (χ2n) is 4.85. The summed E-state index contributed by atoms with van der Waals surface area (Å²) in [5.41, 5.74) is -0.485. The molecular weight excluding hydrogens is 301 g/mol. The molecule has 1 aromatic rings. The summed E-state index contributed by atoms with van der Waals surface area (Å²) in [4.78, 5) is 9.14. The van der Waals surface area contributed by atoms with Gasteiger partial charge in [0, 0.05) is 18.7 Å². The predicted octanol–water partition coefficient (Wildman–Crippen LogP) is 1.15. The van der Waals surface area contributed by atoms with E-state index in [1.165, 1.54) is 0 Å². The average molecular weight is 317 g/mol. The summed E-state index contributed by atoms with van der Waals surface area (Å²) in [7, 11) is -4.00. The summed E-state index contributed by atoms with van der Waals surface area (Å²) in [5, 5.41) is 13.7. The first-order valence-corrected chi connectivity index (χ1v) is 8.05. The Morgan fingerprint density at radius 3 is 2.81 bits per heavy atom. The van der Waals surface area contributed by atoms with E-state index in [0.717, 1.165) is 31.5 Å². The van der Waals surface area contributed by atoms with Gasteiger partial charge >= 0.3 is 0 Å². The van der Waals surface area contributed by atoms with Gasteiger partial charge in [0.25, 0.3) is 5.69 Å². The Bertz CT molecular complexity index is 629. The largest absolute Gasteiger partial charge is 0.314 e. The third kappa shape index (κ3) is 3.96. The Balaban J connectivity index is 2.03. The van der Waals surface area contributed by atoms with Crippen molar-refractivity contribution in [3.63, 3.8) is 0 Å². The first-order valence-electron chi connectivity index (χ1n) is 6.57. The maximum atomic E-state index is 13.7. The highest BCUT2D eigenvalue weighted by atomic mass is 32.2. The van der Waals surface area contributed by atoms with Gasteiger partial charge in [-0.05, 0) is 31.9 Å². The van der Waals surface area contributed by atoms with E-state index in [4.69, 9.17) is 0 Å². The second kappa shape index (κ2) is 6.46. The standard InChI is InChI=1S/C12H16FN3O4S/c13-11-8-10(16(17)18)3-4-12(11)21(19,20)15-7-5-9-2-1-6-14-9/h3-4,8-9,14-15H,1-2,5-7H2. The Hall–Kier alpha value is -1.58. The monoisotopic (exact) mass is 317 g/mol. The lowest BCUT2D eigenvalue weighted by molar-refractivity contribution is -0.385. The number of halogens is 1. The molecule has 1 saturated heterocycles. The number of nitro benzene ring substituents is 1. The SMILES string of the molecule is O=[N+]([O-])c1ccc(S(=O)(=O)NCCC2CCCN2)c(F)c1. The number of nitrogens with one attached hydrogen (secondary N) is 2. The fourth-order valence-electron chi connectivity index (χ4n) is 2.27. The molecule has 1 heterocycles. The Morgan fingerprint density at radius 1 is 1.48 bits per heavy atom. The van der Waals surface area contributed by atoms with E-state index in [1.807, 2.05) is 0 Å². The molecule has 0 radical (unpaired) electrons. The van der Waals surface area contributed by atoms with Crippen molar-refractivity contribution in [3.8, 4) is 0 Å².